The third-order valence-corrected chi connectivity index (χ3v) is 4.30. The zero-order valence-corrected chi connectivity index (χ0v) is 15.7. The summed E-state index contributed by atoms with van der Waals surface area (Å²) in [6.07, 6.45) is -4.58. The molecule has 1 amide bonds. The smallest absolute Gasteiger partial charge is 0.322 e. The molecular weight excluding hydrogens is 432 g/mol. The summed E-state index contributed by atoms with van der Waals surface area (Å²) in [6.45, 7) is 2.43. The Bertz CT molecular complexity index is 1050. The van der Waals surface area contributed by atoms with Crippen molar-refractivity contribution in [2.75, 3.05) is 5.32 Å². The summed E-state index contributed by atoms with van der Waals surface area (Å²) in [7, 11) is 0. The molecule has 0 saturated carbocycles. The molecule has 27 heavy (non-hydrogen) atoms. The Morgan fingerprint density at radius 3 is 2.59 bits per heavy atom. The fourth-order valence-electron chi connectivity index (χ4n) is 2.73. The van der Waals surface area contributed by atoms with Gasteiger partial charge in [-0.1, -0.05) is 15.9 Å². The summed E-state index contributed by atoms with van der Waals surface area (Å²) in [5.74, 6) is -1.29. The Morgan fingerprint density at radius 1 is 1.26 bits per heavy atom. The van der Waals surface area contributed by atoms with Gasteiger partial charge in [0.1, 0.15) is 12.4 Å². The van der Waals surface area contributed by atoms with Gasteiger partial charge < -0.3 is 5.32 Å². The van der Waals surface area contributed by atoms with E-state index in [9.17, 15) is 22.4 Å². The number of aryl methyl sites for hydroxylation is 2. The van der Waals surface area contributed by atoms with Crippen LogP contribution in [0.15, 0.2) is 28.7 Å². The summed E-state index contributed by atoms with van der Waals surface area (Å²) in [6, 6.07) is 5.04. The lowest BCUT2D eigenvalue weighted by molar-refractivity contribution is -0.136. The molecule has 10 heteroatoms. The molecule has 0 radical (unpaired) electrons. The number of alkyl halides is 3. The average molecular weight is 445 g/mol. The van der Waals surface area contributed by atoms with Crippen LogP contribution in [0.5, 0.6) is 0 Å². The van der Waals surface area contributed by atoms with Crippen molar-refractivity contribution in [2.45, 2.75) is 26.6 Å². The number of rotatable bonds is 3. The van der Waals surface area contributed by atoms with Gasteiger partial charge >= 0.3 is 6.18 Å². The van der Waals surface area contributed by atoms with Crippen molar-refractivity contribution < 1.29 is 22.4 Å². The number of fused-ring (bicyclic) bond motifs is 1. The maximum absolute atomic E-state index is 13.8. The second-order valence-corrected chi connectivity index (χ2v) is 6.84. The number of nitrogens with one attached hydrogen (secondary N) is 1. The van der Waals surface area contributed by atoms with E-state index in [2.05, 4.69) is 31.3 Å². The van der Waals surface area contributed by atoms with E-state index in [4.69, 9.17) is 0 Å². The van der Waals surface area contributed by atoms with Crippen molar-refractivity contribution in [3.05, 3.63) is 51.5 Å². The number of carbonyl (C=O) groups is 1. The van der Waals surface area contributed by atoms with E-state index in [0.29, 0.717) is 4.47 Å². The molecule has 1 aromatic carbocycles. The van der Waals surface area contributed by atoms with E-state index >= 15 is 0 Å². The third kappa shape index (κ3) is 3.95. The van der Waals surface area contributed by atoms with Gasteiger partial charge in [0.15, 0.2) is 5.65 Å². The minimum Gasteiger partial charge on any atom is -0.322 e. The maximum Gasteiger partial charge on any atom is 0.417 e. The summed E-state index contributed by atoms with van der Waals surface area (Å²) in [4.78, 5) is 16.3. The van der Waals surface area contributed by atoms with E-state index < -0.39 is 30.0 Å². The molecule has 0 atom stereocenters. The molecule has 0 unspecified atom stereocenters. The molecule has 3 rings (SSSR count). The number of benzene rings is 1. The van der Waals surface area contributed by atoms with Gasteiger partial charge in [0.05, 0.1) is 22.3 Å². The van der Waals surface area contributed by atoms with E-state index in [1.54, 1.807) is 6.07 Å². The highest BCUT2D eigenvalue weighted by molar-refractivity contribution is 9.10. The molecule has 2 heterocycles. The first-order valence-electron chi connectivity index (χ1n) is 7.73. The number of amides is 1. The predicted molar refractivity (Wildman–Crippen MR) is 94.7 cm³/mol. The Morgan fingerprint density at radius 2 is 1.96 bits per heavy atom. The first-order valence-corrected chi connectivity index (χ1v) is 8.52. The normalized spacial score (nSPS) is 11.8. The quantitative estimate of drug-likeness (QED) is 0.600. The molecule has 0 saturated heterocycles. The van der Waals surface area contributed by atoms with Gasteiger partial charge in [0.25, 0.3) is 0 Å². The summed E-state index contributed by atoms with van der Waals surface area (Å²) in [5, 5.41) is 6.23. The van der Waals surface area contributed by atoms with E-state index in [1.165, 1.54) is 26.0 Å². The Hall–Kier alpha value is -2.49. The van der Waals surface area contributed by atoms with E-state index in [1.807, 2.05) is 0 Å². The van der Waals surface area contributed by atoms with Gasteiger partial charge in [0, 0.05) is 10.2 Å². The van der Waals surface area contributed by atoms with Crippen molar-refractivity contribution >= 4 is 38.6 Å². The van der Waals surface area contributed by atoms with Crippen LogP contribution in [0, 0.1) is 19.7 Å². The lowest BCUT2D eigenvalue weighted by Gasteiger charge is -2.10. The summed E-state index contributed by atoms with van der Waals surface area (Å²) < 4.78 is 55.4. The number of pyridine rings is 1. The minimum atomic E-state index is -4.58. The zero-order chi connectivity index (χ0) is 19.9. The SMILES string of the molecule is Cc1cc(C(F)(F)F)c2c(C)nn(CC(=O)Nc3ccc(Br)cc3F)c2n1. The van der Waals surface area contributed by atoms with Crippen LogP contribution in [-0.2, 0) is 17.5 Å². The van der Waals surface area contributed by atoms with E-state index in [0.717, 1.165) is 10.7 Å². The molecule has 2 aromatic heterocycles. The predicted octanol–water partition coefficient (Wildman–Crippen LogP) is 4.61. The number of hydrogen-bond donors (Lipinski definition) is 1. The zero-order valence-electron chi connectivity index (χ0n) is 14.2. The molecule has 0 aliphatic heterocycles. The van der Waals surface area contributed by atoms with Gasteiger partial charge in [-0.15, -0.1) is 0 Å². The number of anilines is 1. The largest absolute Gasteiger partial charge is 0.417 e. The van der Waals surface area contributed by atoms with Crippen molar-refractivity contribution in [3.63, 3.8) is 0 Å². The van der Waals surface area contributed by atoms with Crippen molar-refractivity contribution in [3.8, 4) is 0 Å². The number of aromatic nitrogens is 3. The van der Waals surface area contributed by atoms with Gasteiger partial charge in [-0.05, 0) is 38.1 Å². The van der Waals surface area contributed by atoms with Crippen LogP contribution in [0.4, 0.5) is 23.2 Å². The minimum absolute atomic E-state index is 0.0449. The van der Waals surface area contributed by atoms with Crippen molar-refractivity contribution in [1.82, 2.24) is 14.8 Å². The number of carbonyl (C=O) groups excluding carboxylic acids is 1. The van der Waals surface area contributed by atoms with Gasteiger partial charge in [0.2, 0.25) is 5.91 Å². The van der Waals surface area contributed by atoms with Gasteiger partial charge in [-0.25, -0.2) is 14.1 Å². The monoisotopic (exact) mass is 444 g/mol. The number of nitrogens with zero attached hydrogens (tertiary/aromatic N) is 3. The number of hydrogen-bond acceptors (Lipinski definition) is 3. The van der Waals surface area contributed by atoms with Crippen LogP contribution in [0.2, 0.25) is 0 Å². The molecule has 142 valence electrons. The molecule has 3 aromatic rings. The summed E-state index contributed by atoms with van der Waals surface area (Å²) in [5.41, 5.74) is -0.696. The number of halogens is 5. The molecular formula is C17H13BrF4N4O. The standard InChI is InChI=1S/C17H13BrF4N4O/c1-8-5-11(17(20,21)22)15-9(2)25-26(16(15)23-8)7-14(27)24-13-4-3-10(18)6-12(13)19/h3-6H,7H2,1-2H3,(H,24,27). The van der Waals surface area contributed by atoms with Crippen LogP contribution in [0.3, 0.4) is 0 Å². The fraction of sp³-hybridized carbons (Fsp3) is 0.235. The molecule has 0 fully saturated rings. The molecule has 0 aliphatic carbocycles. The highest BCUT2D eigenvalue weighted by Gasteiger charge is 2.35. The molecule has 0 aliphatic rings. The molecule has 5 nitrogen and oxygen atoms in total. The topological polar surface area (TPSA) is 59.8 Å². The van der Waals surface area contributed by atoms with Crippen molar-refractivity contribution in [2.24, 2.45) is 0 Å². The lowest BCUT2D eigenvalue weighted by Crippen LogP contribution is -2.20. The highest BCUT2D eigenvalue weighted by Crippen LogP contribution is 2.36. The van der Waals surface area contributed by atoms with Gasteiger partial charge in [-0.2, -0.15) is 18.3 Å². The van der Waals surface area contributed by atoms with Crippen LogP contribution >= 0.6 is 15.9 Å². The van der Waals surface area contributed by atoms with Crippen LogP contribution in [0.25, 0.3) is 11.0 Å². The molecule has 1 N–H and O–H groups in total. The summed E-state index contributed by atoms with van der Waals surface area (Å²) >= 11 is 3.11. The first-order chi connectivity index (χ1) is 12.6. The van der Waals surface area contributed by atoms with Crippen LogP contribution in [-0.4, -0.2) is 20.7 Å². The maximum atomic E-state index is 13.8. The average Bonchev–Trinajstić information content (AvgIpc) is 2.84. The molecule has 0 spiro atoms. The van der Waals surface area contributed by atoms with E-state index in [-0.39, 0.29) is 28.1 Å². The van der Waals surface area contributed by atoms with Gasteiger partial charge in [-0.3, -0.25) is 4.79 Å². The van der Waals surface area contributed by atoms with Crippen LogP contribution in [0.1, 0.15) is 17.0 Å². The van der Waals surface area contributed by atoms with Crippen molar-refractivity contribution in [1.29, 1.82) is 0 Å². The second-order valence-electron chi connectivity index (χ2n) is 5.92. The van der Waals surface area contributed by atoms with Crippen LogP contribution < -0.4 is 5.32 Å². The Kier molecular flexibility index (Phi) is 4.94. The third-order valence-electron chi connectivity index (χ3n) is 3.81. The Balaban J connectivity index is 1.96. The highest BCUT2D eigenvalue weighted by atomic mass is 79.9. The lowest BCUT2D eigenvalue weighted by atomic mass is 10.1. The fourth-order valence-corrected chi connectivity index (χ4v) is 3.06. The Labute approximate surface area is 159 Å². The molecule has 0 bridgehead atoms. The first kappa shape index (κ1) is 19.3. The second kappa shape index (κ2) is 6.91.